The minimum absolute atomic E-state index is 0.0736. The summed E-state index contributed by atoms with van der Waals surface area (Å²) in [7, 11) is -3.77. The number of sulfonamides is 1. The Morgan fingerprint density at radius 3 is 2.30 bits per heavy atom. The highest BCUT2D eigenvalue weighted by molar-refractivity contribution is 9.11. The maximum atomic E-state index is 12.2. The number of nitrogens with one attached hydrogen (secondary N) is 1. The predicted octanol–water partition coefficient (Wildman–Crippen LogP) is 6.03. The van der Waals surface area contributed by atoms with Crippen LogP contribution in [0, 0.1) is 0 Å². The van der Waals surface area contributed by atoms with E-state index in [0.29, 0.717) is 13.3 Å². The summed E-state index contributed by atoms with van der Waals surface area (Å²) in [5.74, 6) is 0. The second kappa shape index (κ2) is 6.32. The fraction of sp³-hybridized carbons (Fsp3) is 0. The van der Waals surface area contributed by atoms with Gasteiger partial charge in [0.15, 0.2) is 0 Å². The lowest BCUT2D eigenvalue weighted by Crippen LogP contribution is -2.11. The monoisotopic (exact) mass is 497 g/mol. The van der Waals surface area contributed by atoms with Crippen molar-refractivity contribution >= 4 is 93.7 Å². The first kappa shape index (κ1) is 16.9. The van der Waals surface area contributed by atoms with E-state index in [9.17, 15) is 8.42 Å². The third kappa shape index (κ3) is 3.45. The van der Waals surface area contributed by atoms with Gasteiger partial charge in [0.1, 0.15) is 4.21 Å². The van der Waals surface area contributed by atoms with Crippen LogP contribution in [0.5, 0.6) is 0 Å². The lowest BCUT2D eigenvalue weighted by molar-refractivity contribution is 0.603. The number of anilines is 1. The summed E-state index contributed by atoms with van der Waals surface area (Å²) in [4.78, 5) is 0. The van der Waals surface area contributed by atoms with Crippen LogP contribution in [0.4, 0.5) is 5.69 Å². The fourth-order valence-electron chi connectivity index (χ4n) is 1.26. The molecule has 0 unspecified atom stereocenters. The van der Waals surface area contributed by atoms with E-state index in [-0.39, 0.29) is 19.9 Å². The molecule has 20 heavy (non-hydrogen) atoms. The molecule has 0 aliphatic heterocycles. The number of hydrogen-bond donors (Lipinski definition) is 1. The van der Waals surface area contributed by atoms with E-state index < -0.39 is 10.0 Å². The van der Waals surface area contributed by atoms with Gasteiger partial charge >= 0.3 is 0 Å². The van der Waals surface area contributed by atoms with E-state index >= 15 is 0 Å². The average molecular weight is 500 g/mol. The molecule has 0 fully saturated rings. The molecule has 3 nitrogen and oxygen atoms in total. The first-order valence-corrected chi connectivity index (χ1v) is 9.85. The van der Waals surface area contributed by atoms with Crippen molar-refractivity contribution in [1.82, 2.24) is 0 Å². The molecule has 10 heteroatoms. The van der Waals surface area contributed by atoms with Gasteiger partial charge in [-0.15, -0.1) is 11.3 Å². The third-order valence-electron chi connectivity index (χ3n) is 2.17. The number of rotatable bonds is 3. The van der Waals surface area contributed by atoms with Crippen LogP contribution in [0.1, 0.15) is 0 Å². The van der Waals surface area contributed by atoms with Gasteiger partial charge in [-0.1, -0.05) is 34.8 Å². The number of benzene rings is 1. The van der Waals surface area contributed by atoms with Gasteiger partial charge in [-0.25, -0.2) is 8.42 Å². The molecule has 1 aromatic heterocycles. The Bertz CT molecular complexity index is 758. The average Bonchev–Trinajstić information content (AvgIpc) is 2.71. The maximum Gasteiger partial charge on any atom is 0.271 e. The Labute approximate surface area is 151 Å². The number of thiophene rings is 1. The predicted molar refractivity (Wildman–Crippen MR) is 92.0 cm³/mol. The first-order valence-electron chi connectivity index (χ1n) is 4.83. The van der Waals surface area contributed by atoms with Crippen molar-refractivity contribution in [3.05, 3.63) is 41.5 Å². The Morgan fingerprint density at radius 2 is 1.75 bits per heavy atom. The molecule has 1 aromatic carbocycles. The lowest BCUT2D eigenvalue weighted by Gasteiger charge is -2.09. The summed E-state index contributed by atoms with van der Waals surface area (Å²) in [6.07, 6.45) is 0. The van der Waals surface area contributed by atoms with Crippen molar-refractivity contribution in [2.75, 3.05) is 4.72 Å². The van der Waals surface area contributed by atoms with Crippen molar-refractivity contribution in [2.45, 2.75) is 4.21 Å². The molecule has 2 rings (SSSR count). The summed E-state index contributed by atoms with van der Waals surface area (Å²) < 4.78 is 28.0. The minimum atomic E-state index is -3.77. The Kier molecular flexibility index (Phi) is 5.33. The van der Waals surface area contributed by atoms with Crippen LogP contribution in [0.2, 0.25) is 15.1 Å². The summed E-state index contributed by atoms with van der Waals surface area (Å²) in [5, 5.41) is 0.680. The van der Waals surface area contributed by atoms with Crippen molar-refractivity contribution < 1.29 is 8.42 Å². The lowest BCUT2D eigenvalue weighted by atomic mass is 10.3. The third-order valence-corrected chi connectivity index (χ3v) is 8.25. The Morgan fingerprint density at radius 1 is 1.10 bits per heavy atom. The summed E-state index contributed by atoms with van der Waals surface area (Å²) >= 11 is 25.2. The zero-order valence-corrected chi connectivity index (χ0v) is 16.3. The summed E-state index contributed by atoms with van der Waals surface area (Å²) in [6, 6.07) is 4.47. The van der Waals surface area contributed by atoms with Crippen LogP contribution < -0.4 is 4.72 Å². The molecule has 0 radical (unpaired) electrons. The van der Waals surface area contributed by atoms with E-state index in [4.69, 9.17) is 34.8 Å². The number of halogens is 5. The van der Waals surface area contributed by atoms with Crippen molar-refractivity contribution in [2.24, 2.45) is 0 Å². The van der Waals surface area contributed by atoms with Gasteiger partial charge in [-0.05, 0) is 50.1 Å². The quantitative estimate of drug-likeness (QED) is 0.523. The minimum Gasteiger partial charge on any atom is -0.277 e. The SMILES string of the molecule is O=S(=O)(Nc1ccc(Br)c(Cl)c1Cl)c1cc(Cl)c(Br)s1. The molecule has 0 bridgehead atoms. The second-order valence-corrected chi connectivity index (χ2v) is 9.81. The fourth-order valence-corrected chi connectivity index (χ4v) is 5.61. The van der Waals surface area contributed by atoms with Gasteiger partial charge in [0, 0.05) is 4.47 Å². The normalized spacial score (nSPS) is 11.7. The van der Waals surface area contributed by atoms with Crippen LogP contribution in [-0.4, -0.2) is 8.42 Å². The highest BCUT2D eigenvalue weighted by Gasteiger charge is 2.21. The molecule has 0 saturated carbocycles. The second-order valence-electron chi connectivity index (χ2n) is 3.52. The van der Waals surface area contributed by atoms with E-state index in [1.54, 1.807) is 6.07 Å². The molecule has 108 valence electrons. The first-order chi connectivity index (χ1) is 9.22. The zero-order chi connectivity index (χ0) is 15.1. The van der Waals surface area contributed by atoms with Crippen LogP contribution in [0.15, 0.2) is 30.7 Å². The molecule has 1 N–H and O–H groups in total. The highest BCUT2D eigenvalue weighted by atomic mass is 79.9. The largest absolute Gasteiger partial charge is 0.277 e. The van der Waals surface area contributed by atoms with E-state index in [2.05, 4.69) is 36.6 Å². The molecule has 2 aromatic rings. The smallest absolute Gasteiger partial charge is 0.271 e. The molecule has 0 aliphatic rings. The van der Waals surface area contributed by atoms with Crippen molar-refractivity contribution in [3.63, 3.8) is 0 Å². The van der Waals surface area contributed by atoms with E-state index in [0.717, 1.165) is 11.3 Å². The van der Waals surface area contributed by atoms with Crippen LogP contribution in [-0.2, 0) is 10.0 Å². The van der Waals surface area contributed by atoms with Crippen LogP contribution in [0.25, 0.3) is 0 Å². The topological polar surface area (TPSA) is 46.2 Å². The standard InChI is InChI=1S/C10H4Br2Cl3NO2S2/c11-4-1-2-6(9(15)8(4)14)16-20(17,18)7-3-5(13)10(12)19-7/h1-3,16H. The van der Waals surface area contributed by atoms with Gasteiger partial charge in [0.05, 0.1) is 24.5 Å². The zero-order valence-electron chi connectivity index (χ0n) is 9.25. The van der Waals surface area contributed by atoms with E-state index in [1.165, 1.54) is 12.1 Å². The Hall–Kier alpha value is 0.500. The maximum absolute atomic E-state index is 12.2. The van der Waals surface area contributed by atoms with E-state index in [1.807, 2.05) is 0 Å². The molecule has 0 spiro atoms. The molecular formula is C10H4Br2Cl3NO2S2. The van der Waals surface area contributed by atoms with Gasteiger partial charge < -0.3 is 0 Å². The molecule has 0 saturated heterocycles. The number of hydrogen-bond acceptors (Lipinski definition) is 3. The molecule has 1 heterocycles. The van der Waals surface area contributed by atoms with Crippen molar-refractivity contribution in [1.29, 1.82) is 0 Å². The molecular weight excluding hydrogens is 496 g/mol. The molecule has 0 atom stereocenters. The van der Waals surface area contributed by atoms with Gasteiger partial charge in [0.25, 0.3) is 10.0 Å². The molecule has 0 aliphatic carbocycles. The van der Waals surface area contributed by atoms with Crippen LogP contribution in [0.3, 0.4) is 0 Å². The highest BCUT2D eigenvalue weighted by Crippen LogP contribution is 2.39. The van der Waals surface area contributed by atoms with Gasteiger partial charge in [-0.2, -0.15) is 0 Å². The Balaban J connectivity index is 2.41. The summed E-state index contributed by atoms with van der Waals surface area (Å²) in [5.41, 5.74) is 0.195. The summed E-state index contributed by atoms with van der Waals surface area (Å²) in [6.45, 7) is 0. The van der Waals surface area contributed by atoms with Crippen molar-refractivity contribution in [3.8, 4) is 0 Å². The van der Waals surface area contributed by atoms with Crippen LogP contribution >= 0.6 is 78.0 Å². The van der Waals surface area contributed by atoms with Gasteiger partial charge in [-0.3, -0.25) is 4.72 Å². The van der Waals surface area contributed by atoms with Gasteiger partial charge in [0.2, 0.25) is 0 Å². The molecule has 0 amide bonds.